The number of hydrogen-bond acceptors (Lipinski definition) is 3. The minimum Gasteiger partial charge on any atom is -0.399 e. The van der Waals surface area contributed by atoms with Gasteiger partial charge in [0.15, 0.2) is 0 Å². The first kappa shape index (κ1) is 12.6. The van der Waals surface area contributed by atoms with Crippen molar-refractivity contribution in [2.45, 2.75) is 32.1 Å². The van der Waals surface area contributed by atoms with Gasteiger partial charge in [-0.2, -0.15) is 5.10 Å². The number of carbonyl (C=O) groups excluding carboxylic acids is 1. The fraction of sp³-hybridized carbons (Fsp3) is 0.429. The molecule has 0 unspecified atom stereocenters. The second kappa shape index (κ2) is 6.19. The monoisotopic (exact) mass is 245 g/mol. The first-order valence-corrected chi connectivity index (χ1v) is 6.45. The fourth-order valence-electron chi connectivity index (χ4n) is 2.18. The molecule has 1 aliphatic carbocycles. The van der Waals surface area contributed by atoms with E-state index in [1.54, 1.807) is 24.3 Å². The van der Waals surface area contributed by atoms with E-state index in [0.29, 0.717) is 17.2 Å². The zero-order chi connectivity index (χ0) is 12.8. The maximum Gasteiger partial charge on any atom is 0.271 e. The van der Waals surface area contributed by atoms with Crippen molar-refractivity contribution in [3.8, 4) is 0 Å². The summed E-state index contributed by atoms with van der Waals surface area (Å²) in [4.78, 5) is 11.7. The standard InChI is InChI=1S/C14H19N3O/c15-13-8-6-12(7-9-13)14(18)17-16-10-11-4-2-1-3-5-11/h6-11H,1-5,15H2,(H,17,18)/b16-10-. The zero-order valence-electron chi connectivity index (χ0n) is 10.4. The summed E-state index contributed by atoms with van der Waals surface area (Å²) >= 11 is 0. The van der Waals surface area contributed by atoms with Crippen LogP contribution in [0.5, 0.6) is 0 Å². The Bertz CT molecular complexity index is 419. The molecule has 4 nitrogen and oxygen atoms in total. The van der Waals surface area contributed by atoms with Gasteiger partial charge >= 0.3 is 0 Å². The molecule has 0 atom stereocenters. The van der Waals surface area contributed by atoms with E-state index in [-0.39, 0.29) is 5.91 Å². The molecular formula is C14H19N3O. The van der Waals surface area contributed by atoms with Gasteiger partial charge in [-0.3, -0.25) is 4.79 Å². The normalized spacial score (nSPS) is 16.9. The van der Waals surface area contributed by atoms with Gasteiger partial charge in [0.05, 0.1) is 0 Å². The molecule has 0 aliphatic heterocycles. The van der Waals surface area contributed by atoms with Gasteiger partial charge in [0.25, 0.3) is 5.91 Å². The summed E-state index contributed by atoms with van der Waals surface area (Å²) in [5, 5.41) is 4.04. The molecule has 0 bridgehead atoms. The third kappa shape index (κ3) is 3.58. The molecule has 96 valence electrons. The molecule has 0 saturated heterocycles. The van der Waals surface area contributed by atoms with E-state index in [4.69, 9.17) is 5.73 Å². The van der Waals surface area contributed by atoms with Crippen molar-refractivity contribution in [3.63, 3.8) is 0 Å². The summed E-state index contributed by atoms with van der Waals surface area (Å²) in [5.74, 6) is 0.326. The highest BCUT2D eigenvalue weighted by Crippen LogP contribution is 2.21. The second-order valence-electron chi connectivity index (χ2n) is 4.74. The Hall–Kier alpha value is -1.84. The Morgan fingerprint density at radius 1 is 1.22 bits per heavy atom. The predicted octanol–water partition coefficient (Wildman–Crippen LogP) is 2.56. The Balaban J connectivity index is 1.83. The number of rotatable bonds is 3. The van der Waals surface area contributed by atoms with Gasteiger partial charge in [0.2, 0.25) is 0 Å². The first-order valence-electron chi connectivity index (χ1n) is 6.45. The van der Waals surface area contributed by atoms with Crippen LogP contribution in [0, 0.1) is 5.92 Å². The number of nitrogen functional groups attached to an aromatic ring is 1. The highest BCUT2D eigenvalue weighted by molar-refractivity contribution is 5.94. The van der Waals surface area contributed by atoms with Crippen LogP contribution in [0.1, 0.15) is 42.5 Å². The minimum atomic E-state index is -0.193. The maximum atomic E-state index is 11.7. The quantitative estimate of drug-likeness (QED) is 0.488. The maximum absolute atomic E-state index is 11.7. The molecule has 3 N–H and O–H groups in total. The van der Waals surface area contributed by atoms with Crippen molar-refractivity contribution in [1.82, 2.24) is 5.43 Å². The third-order valence-corrected chi connectivity index (χ3v) is 3.27. The number of hydrogen-bond donors (Lipinski definition) is 2. The zero-order valence-corrected chi connectivity index (χ0v) is 10.4. The van der Waals surface area contributed by atoms with Crippen LogP contribution in [-0.4, -0.2) is 12.1 Å². The molecule has 1 fully saturated rings. The van der Waals surface area contributed by atoms with Crippen LogP contribution in [0.2, 0.25) is 0 Å². The Morgan fingerprint density at radius 3 is 2.56 bits per heavy atom. The molecular weight excluding hydrogens is 226 g/mol. The molecule has 4 heteroatoms. The van der Waals surface area contributed by atoms with Crippen LogP contribution >= 0.6 is 0 Å². The second-order valence-corrected chi connectivity index (χ2v) is 4.74. The van der Waals surface area contributed by atoms with Crippen LogP contribution in [-0.2, 0) is 0 Å². The van der Waals surface area contributed by atoms with Crippen LogP contribution in [0.4, 0.5) is 5.69 Å². The summed E-state index contributed by atoms with van der Waals surface area (Å²) < 4.78 is 0. The van der Waals surface area contributed by atoms with Crippen LogP contribution in [0.3, 0.4) is 0 Å². The lowest BCUT2D eigenvalue weighted by molar-refractivity contribution is 0.0955. The molecule has 1 saturated carbocycles. The highest BCUT2D eigenvalue weighted by atomic mass is 16.2. The molecule has 1 aromatic carbocycles. The number of amides is 1. The van der Waals surface area contributed by atoms with Gasteiger partial charge in [-0.1, -0.05) is 19.3 Å². The van der Waals surface area contributed by atoms with E-state index < -0.39 is 0 Å². The number of hydrazone groups is 1. The van der Waals surface area contributed by atoms with Gasteiger partial charge in [-0.15, -0.1) is 0 Å². The molecule has 18 heavy (non-hydrogen) atoms. The average molecular weight is 245 g/mol. The van der Waals surface area contributed by atoms with Gasteiger partial charge in [0, 0.05) is 17.5 Å². The fourth-order valence-corrected chi connectivity index (χ4v) is 2.18. The van der Waals surface area contributed by atoms with E-state index in [9.17, 15) is 4.79 Å². The molecule has 0 aromatic heterocycles. The number of benzene rings is 1. The van der Waals surface area contributed by atoms with Gasteiger partial charge in [0.1, 0.15) is 0 Å². The largest absolute Gasteiger partial charge is 0.399 e. The summed E-state index contributed by atoms with van der Waals surface area (Å²) in [6, 6.07) is 6.81. The molecule has 1 aliphatic rings. The Kier molecular flexibility index (Phi) is 4.34. The van der Waals surface area contributed by atoms with E-state index in [1.165, 1.54) is 32.1 Å². The molecule has 0 heterocycles. The number of nitrogens with zero attached hydrogens (tertiary/aromatic N) is 1. The van der Waals surface area contributed by atoms with E-state index in [0.717, 1.165) is 0 Å². The van der Waals surface area contributed by atoms with Crippen molar-refractivity contribution in [2.75, 3.05) is 5.73 Å². The van der Waals surface area contributed by atoms with Crippen LogP contribution in [0.25, 0.3) is 0 Å². The van der Waals surface area contributed by atoms with Crippen molar-refractivity contribution < 1.29 is 4.79 Å². The SMILES string of the molecule is Nc1ccc(C(=O)N/N=C\C2CCCCC2)cc1. The number of nitrogens with two attached hydrogens (primary N) is 1. The van der Waals surface area contributed by atoms with Gasteiger partial charge < -0.3 is 5.73 Å². The summed E-state index contributed by atoms with van der Waals surface area (Å²) in [6.45, 7) is 0. The van der Waals surface area contributed by atoms with Crippen LogP contribution < -0.4 is 11.2 Å². The van der Waals surface area contributed by atoms with E-state index >= 15 is 0 Å². The summed E-state index contributed by atoms with van der Waals surface area (Å²) in [7, 11) is 0. The lowest BCUT2D eigenvalue weighted by Crippen LogP contribution is -2.19. The predicted molar refractivity (Wildman–Crippen MR) is 73.4 cm³/mol. The third-order valence-electron chi connectivity index (χ3n) is 3.27. The van der Waals surface area contributed by atoms with E-state index in [2.05, 4.69) is 10.5 Å². The summed E-state index contributed by atoms with van der Waals surface area (Å²) in [5.41, 5.74) is 9.34. The molecule has 0 spiro atoms. The average Bonchev–Trinajstić information content (AvgIpc) is 2.40. The van der Waals surface area contributed by atoms with Crippen LogP contribution in [0.15, 0.2) is 29.4 Å². The van der Waals surface area contributed by atoms with Crippen molar-refractivity contribution in [1.29, 1.82) is 0 Å². The smallest absolute Gasteiger partial charge is 0.271 e. The molecule has 2 rings (SSSR count). The lowest BCUT2D eigenvalue weighted by atomic mass is 9.90. The molecule has 1 amide bonds. The van der Waals surface area contributed by atoms with Gasteiger partial charge in [-0.05, 0) is 43.0 Å². The number of nitrogens with one attached hydrogen (secondary N) is 1. The Morgan fingerprint density at radius 2 is 1.89 bits per heavy atom. The number of anilines is 1. The highest BCUT2D eigenvalue weighted by Gasteiger charge is 2.10. The molecule has 1 aromatic rings. The van der Waals surface area contributed by atoms with Crippen molar-refractivity contribution in [3.05, 3.63) is 29.8 Å². The minimum absolute atomic E-state index is 0.193. The van der Waals surface area contributed by atoms with Crippen molar-refractivity contribution >= 4 is 17.8 Å². The first-order chi connectivity index (χ1) is 8.75. The van der Waals surface area contributed by atoms with Crippen molar-refractivity contribution in [2.24, 2.45) is 11.0 Å². The number of carbonyl (C=O) groups is 1. The lowest BCUT2D eigenvalue weighted by Gasteiger charge is -2.16. The Labute approximate surface area is 107 Å². The molecule has 0 radical (unpaired) electrons. The topological polar surface area (TPSA) is 67.5 Å². The van der Waals surface area contributed by atoms with Gasteiger partial charge in [-0.25, -0.2) is 5.43 Å². The summed E-state index contributed by atoms with van der Waals surface area (Å²) in [6.07, 6.45) is 8.09. The van der Waals surface area contributed by atoms with E-state index in [1.807, 2.05) is 6.21 Å².